The van der Waals surface area contributed by atoms with Gasteiger partial charge in [-0.2, -0.15) is 0 Å². The van der Waals surface area contributed by atoms with Gasteiger partial charge in [-0.05, 0) is 33.2 Å². The van der Waals surface area contributed by atoms with Crippen LogP contribution in [-0.2, 0) is 4.79 Å². The van der Waals surface area contributed by atoms with Crippen LogP contribution in [0.25, 0.3) is 0 Å². The first-order valence-corrected chi connectivity index (χ1v) is 4.62. The van der Waals surface area contributed by atoms with E-state index in [9.17, 15) is 4.79 Å². The third kappa shape index (κ3) is 5.60. The highest BCUT2D eigenvalue weighted by Gasteiger charge is 2.23. The quantitative estimate of drug-likeness (QED) is 0.487. The topological polar surface area (TPSA) is 75.3 Å². The van der Waals surface area contributed by atoms with E-state index in [0.29, 0.717) is 6.54 Å². The molecule has 4 N–H and O–H groups in total. The van der Waals surface area contributed by atoms with Crippen LogP contribution in [0.1, 0.15) is 26.7 Å². The van der Waals surface area contributed by atoms with Crippen molar-refractivity contribution in [3.8, 4) is 0 Å². The lowest BCUT2D eigenvalue weighted by Crippen LogP contribution is -2.40. The molecule has 0 heterocycles. The summed E-state index contributed by atoms with van der Waals surface area (Å²) in [5.41, 5.74) is 4.71. The number of hydrogen-bond acceptors (Lipinski definition) is 3. The van der Waals surface area contributed by atoms with Gasteiger partial charge in [-0.25, -0.2) is 0 Å². The molecule has 4 nitrogen and oxygen atoms in total. The van der Waals surface area contributed by atoms with E-state index in [4.69, 9.17) is 10.8 Å². The van der Waals surface area contributed by atoms with Crippen LogP contribution in [0.15, 0.2) is 0 Å². The van der Waals surface area contributed by atoms with Crippen LogP contribution in [0.2, 0.25) is 0 Å². The molecule has 0 aliphatic heterocycles. The normalized spacial score (nSPS) is 11.6. The lowest BCUT2D eigenvalue weighted by molar-refractivity contribution is -0.125. The Bertz CT molecular complexity index is 158. The van der Waals surface area contributed by atoms with E-state index in [1.807, 2.05) is 13.8 Å². The van der Waals surface area contributed by atoms with E-state index in [2.05, 4.69) is 5.32 Å². The predicted octanol–water partition coefficient (Wildman–Crippen LogP) is -0.140. The monoisotopic (exact) mass is 188 g/mol. The minimum Gasteiger partial charge on any atom is -0.396 e. The fourth-order valence-electron chi connectivity index (χ4n) is 0.850. The SMILES string of the molecule is CC(C)(CNCCCCO)C(N)=O. The van der Waals surface area contributed by atoms with Gasteiger partial charge in [-0.3, -0.25) is 4.79 Å². The first-order chi connectivity index (χ1) is 6.00. The summed E-state index contributed by atoms with van der Waals surface area (Å²) in [4.78, 5) is 10.9. The predicted molar refractivity (Wildman–Crippen MR) is 52.2 cm³/mol. The summed E-state index contributed by atoms with van der Waals surface area (Å²) in [5.74, 6) is -0.290. The van der Waals surface area contributed by atoms with Crippen LogP contribution in [0.3, 0.4) is 0 Å². The summed E-state index contributed by atoms with van der Waals surface area (Å²) in [6.07, 6.45) is 1.72. The molecular formula is C9H20N2O2. The highest BCUT2D eigenvalue weighted by Crippen LogP contribution is 2.11. The number of nitrogens with two attached hydrogens (primary N) is 1. The molecule has 78 valence electrons. The fourth-order valence-corrected chi connectivity index (χ4v) is 0.850. The molecule has 0 radical (unpaired) electrons. The second-order valence-electron chi connectivity index (χ2n) is 3.86. The molecule has 0 unspecified atom stereocenters. The van der Waals surface area contributed by atoms with Gasteiger partial charge in [0.1, 0.15) is 0 Å². The highest BCUT2D eigenvalue weighted by molar-refractivity contribution is 5.80. The van der Waals surface area contributed by atoms with E-state index in [0.717, 1.165) is 19.4 Å². The zero-order valence-corrected chi connectivity index (χ0v) is 8.47. The summed E-state index contributed by atoms with van der Waals surface area (Å²) >= 11 is 0. The number of aliphatic hydroxyl groups is 1. The molecule has 0 aliphatic rings. The van der Waals surface area contributed by atoms with Crippen molar-refractivity contribution in [1.82, 2.24) is 5.32 Å². The molecule has 0 bridgehead atoms. The van der Waals surface area contributed by atoms with Crippen molar-refractivity contribution in [1.29, 1.82) is 0 Å². The van der Waals surface area contributed by atoms with Crippen LogP contribution >= 0.6 is 0 Å². The Hall–Kier alpha value is -0.610. The molecular weight excluding hydrogens is 168 g/mol. The van der Waals surface area contributed by atoms with Crippen molar-refractivity contribution in [2.45, 2.75) is 26.7 Å². The van der Waals surface area contributed by atoms with Gasteiger partial charge in [-0.15, -0.1) is 0 Å². The molecule has 0 fully saturated rings. The second-order valence-corrected chi connectivity index (χ2v) is 3.86. The van der Waals surface area contributed by atoms with Gasteiger partial charge in [0, 0.05) is 13.2 Å². The number of aliphatic hydroxyl groups excluding tert-OH is 1. The van der Waals surface area contributed by atoms with Crippen molar-refractivity contribution in [2.24, 2.45) is 11.1 Å². The summed E-state index contributed by atoms with van der Waals surface area (Å²) in [7, 11) is 0. The van der Waals surface area contributed by atoms with Gasteiger partial charge in [0.15, 0.2) is 0 Å². The molecule has 0 aliphatic carbocycles. The number of rotatable bonds is 7. The van der Waals surface area contributed by atoms with Crippen molar-refractivity contribution >= 4 is 5.91 Å². The molecule has 0 aromatic heterocycles. The van der Waals surface area contributed by atoms with Crippen molar-refractivity contribution in [3.05, 3.63) is 0 Å². The van der Waals surface area contributed by atoms with Crippen molar-refractivity contribution in [3.63, 3.8) is 0 Å². The number of hydrogen-bond donors (Lipinski definition) is 3. The van der Waals surface area contributed by atoms with Crippen LogP contribution < -0.4 is 11.1 Å². The lowest BCUT2D eigenvalue weighted by atomic mass is 9.93. The number of unbranched alkanes of at least 4 members (excludes halogenated alkanes) is 1. The third-order valence-corrected chi connectivity index (χ3v) is 2.00. The number of nitrogens with one attached hydrogen (secondary N) is 1. The number of amides is 1. The Labute approximate surface area is 79.5 Å². The molecule has 0 aromatic rings. The molecule has 0 saturated carbocycles. The van der Waals surface area contributed by atoms with Gasteiger partial charge >= 0.3 is 0 Å². The number of primary amides is 1. The molecule has 0 aromatic carbocycles. The highest BCUT2D eigenvalue weighted by atomic mass is 16.2. The van der Waals surface area contributed by atoms with Crippen LogP contribution in [-0.4, -0.2) is 30.7 Å². The number of carbonyl (C=O) groups excluding carboxylic acids is 1. The summed E-state index contributed by atoms with van der Waals surface area (Å²) in [6, 6.07) is 0. The molecule has 0 rings (SSSR count). The minimum atomic E-state index is -0.487. The molecule has 1 amide bonds. The average molecular weight is 188 g/mol. The van der Waals surface area contributed by atoms with Crippen molar-refractivity contribution in [2.75, 3.05) is 19.7 Å². The van der Waals surface area contributed by atoms with Crippen molar-refractivity contribution < 1.29 is 9.90 Å². The maximum absolute atomic E-state index is 10.9. The molecule has 0 spiro atoms. The zero-order chi connectivity index (χ0) is 10.3. The molecule has 0 atom stereocenters. The summed E-state index contributed by atoms with van der Waals surface area (Å²) in [6.45, 7) is 5.26. The van der Waals surface area contributed by atoms with Gasteiger partial charge in [-0.1, -0.05) is 0 Å². The fraction of sp³-hybridized carbons (Fsp3) is 0.889. The largest absolute Gasteiger partial charge is 0.396 e. The first kappa shape index (κ1) is 12.4. The Kier molecular flexibility index (Phi) is 5.66. The van der Waals surface area contributed by atoms with E-state index in [1.165, 1.54) is 0 Å². The average Bonchev–Trinajstić information content (AvgIpc) is 2.03. The first-order valence-electron chi connectivity index (χ1n) is 4.62. The Morgan fingerprint density at radius 3 is 2.54 bits per heavy atom. The van der Waals surface area contributed by atoms with Crippen LogP contribution in [0, 0.1) is 5.41 Å². The minimum absolute atomic E-state index is 0.223. The Morgan fingerprint density at radius 1 is 1.46 bits per heavy atom. The second kappa shape index (κ2) is 5.94. The van der Waals surface area contributed by atoms with Gasteiger partial charge in [0.25, 0.3) is 0 Å². The maximum atomic E-state index is 10.9. The van der Waals surface area contributed by atoms with E-state index < -0.39 is 5.41 Å². The van der Waals surface area contributed by atoms with Gasteiger partial charge in [0.05, 0.1) is 5.41 Å². The maximum Gasteiger partial charge on any atom is 0.224 e. The van der Waals surface area contributed by atoms with Gasteiger partial charge in [0.2, 0.25) is 5.91 Å². The Morgan fingerprint density at radius 2 is 2.08 bits per heavy atom. The molecule has 4 heteroatoms. The zero-order valence-electron chi connectivity index (χ0n) is 8.47. The van der Waals surface area contributed by atoms with Crippen LogP contribution in [0.5, 0.6) is 0 Å². The smallest absolute Gasteiger partial charge is 0.224 e. The van der Waals surface area contributed by atoms with E-state index >= 15 is 0 Å². The summed E-state index contributed by atoms with van der Waals surface area (Å²) < 4.78 is 0. The van der Waals surface area contributed by atoms with Crippen LogP contribution in [0.4, 0.5) is 0 Å². The Balaban J connectivity index is 3.46. The van der Waals surface area contributed by atoms with Gasteiger partial charge < -0.3 is 16.2 Å². The third-order valence-electron chi connectivity index (χ3n) is 2.00. The van der Waals surface area contributed by atoms with E-state index in [-0.39, 0.29) is 12.5 Å². The van der Waals surface area contributed by atoms with E-state index in [1.54, 1.807) is 0 Å². The standard InChI is InChI=1S/C9H20N2O2/c1-9(2,8(10)13)7-11-5-3-4-6-12/h11-12H,3-7H2,1-2H3,(H2,10,13). The molecule has 0 saturated heterocycles. The number of carbonyl (C=O) groups is 1. The lowest BCUT2D eigenvalue weighted by Gasteiger charge is -2.20. The summed E-state index contributed by atoms with van der Waals surface area (Å²) in [5, 5.41) is 11.6. The molecule has 13 heavy (non-hydrogen) atoms.